The molecular formula is C19H21N3O4. The number of nitrogens with zero attached hydrogens (tertiary/aromatic N) is 3. The summed E-state index contributed by atoms with van der Waals surface area (Å²) >= 11 is 0. The van der Waals surface area contributed by atoms with Gasteiger partial charge in [-0.05, 0) is 37.1 Å². The number of ketones is 1. The highest BCUT2D eigenvalue weighted by Gasteiger charge is 2.12. The van der Waals surface area contributed by atoms with Crippen molar-refractivity contribution in [2.24, 2.45) is 0 Å². The lowest BCUT2D eigenvalue weighted by Crippen LogP contribution is -2.06. The number of hydrogen-bond acceptors (Lipinski definition) is 6. The van der Waals surface area contributed by atoms with Gasteiger partial charge in [0, 0.05) is 24.6 Å². The lowest BCUT2D eigenvalue weighted by Gasteiger charge is -2.05. The first kappa shape index (κ1) is 17.7. The molecular weight excluding hydrogens is 334 g/mol. The highest BCUT2D eigenvalue weighted by atomic mass is 16.5. The molecule has 0 unspecified atom stereocenters. The van der Waals surface area contributed by atoms with E-state index in [4.69, 9.17) is 9.26 Å². The predicted octanol–water partition coefficient (Wildman–Crippen LogP) is 2.60. The van der Waals surface area contributed by atoms with Crippen molar-refractivity contribution in [2.75, 3.05) is 7.11 Å². The third-order valence-corrected chi connectivity index (χ3v) is 4.23. The van der Waals surface area contributed by atoms with Crippen molar-refractivity contribution in [1.29, 1.82) is 0 Å². The van der Waals surface area contributed by atoms with Crippen LogP contribution in [0.1, 0.15) is 28.1 Å². The fraction of sp³-hybridized carbons (Fsp3) is 0.316. The van der Waals surface area contributed by atoms with Gasteiger partial charge in [-0.25, -0.2) is 0 Å². The zero-order valence-electron chi connectivity index (χ0n) is 15.0. The van der Waals surface area contributed by atoms with E-state index >= 15 is 0 Å². The van der Waals surface area contributed by atoms with Gasteiger partial charge in [0.05, 0.1) is 25.5 Å². The molecule has 2 aromatic heterocycles. The normalized spacial score (nSPS) is 10.9. The van der Waals surface area contributed by atoms with Gasteiger partial charge in [-0.15, -0.1) is 0 Å². The Morgan fingerprint density at radius 3 is 2.69 bits per heavy atom. The second kappa shape index (κ2) is 7.43. The van der Waals surface area contributed by atoms with E-state index in [0.717, 1.165) is 28.1 Å². The summed E-state index contributed by atoms with van der Waals surface area (Å²) in [5.74, 6) is 1.24. The Balaban J connectivity index is 1.62. The van der Waals surface area contributed by atoms with E-state index in [-0.39, 0.29) is 24.4 Å². The molecule has 0 bridgehead atoms. The molecule has 0 fully saturated rings. The molecule has 2 heterocycles. The van der Waals surface area contributed by atoms with Crippen LogP contribution in [-0.2, 0) is 24.2 Å². The van der Waals surface area contributed by atoms with Gasteiger partial charge in [-0.2, -0.15) is 5.10 Å². The van der Waals surface area contributed by atoms with E-state index in [1.807, 2.05) is 20.0 Å². The summed E-state index contributed by atoms with van der Waals surface area (Å²) in [7, 11) is 1.49. The van der Waals surface area contributed by atoms with Crippen molar-refractivity contribution in [3.05, 3.63) is 58.7 Å². The third kappa shape index (κ3) is 3.93. The summed E-state index contributed by atoms with van der Waals surface area (Å²) in [4.78, 5) is 12.3. The van der Waals surface area contributed by atoms with Gasteiger partial charge in [0.15, 0.2) is 11.5 Å². The van der Waals surface area contributed by atoms with Crippen LogP contribution in [0.15, 0.2) is 35.1 Å². The molecule has 0 aliphatic rings. The molecule has 1 N–H and O–H groups in total. The number of rotatable bonds is 7. The zero-order chi connectivity index (χ0) is 18.7. The van der Waals surface area contributed by atoms with Gasteiger partial charge in [0.25, 0.3) is 0 Å². The number of carbonyl (C=O) groups is 1. The summed E-state index contributed by atoms with van der Waals surface area (Å²) < 4.78 is 11.9. The summed E-state index contributed by atoms with van der Waals surface area (Å²) in [6.45, 7) is 4.32. The zero-order valence-corrected chi connectivity index (χ0v) is 15.0. The second-order valence-corrected chi connectivity index (χ2v) is 6.25. The Kier molecular flexibility index (Phi) is 5.06. The average Bonchev–Trinajstić information content (AvgIpc) is 3.16. The van der Waals surface area contributed by atoms with Crippen LogP contribution in [0.3, 0.4) is 0 Å². The van der Waals surface area contributed by atoms with Gasteiger partial charge < -0.3 is 14.4 Å². The molecule has 1 aromatic carbocycles. The molecule has 0 aliphatic carbocycles. The van der Waals surface area contributed by atoms with Crippen LogP contribution in [0, 0.1) is 13.8 Å². The lowest BCUT2D eigenvalue weighted by molar-refractivity contribution is -0.117. The molecule has 0 radical (unpaired) electrons. The van der Waals surface area contributed by atoms with Crippen molar-refractivity contribution >= 4 is 5.78 Å². The van der Waals surface area contributed by atoms with Gasteiger partial charge in [-0.3, -0.25) is 9.48 Å². The van der Waals surface area contributed by atoms with Crippen molar-refractivity contribution < 1.29 is 19.2 Å². The number of Topliss-reactive ketones (excluding diaryl/α,β-unsaturated/α-hetero) is 1. The first-order valence-corrected chi connectivity index (χ1v) is 8.27. The third-order valence-electron chi connectivity index (χ3n) is 4.23. The van der Waals surface area contributed by atoms with E-state index in [2.05, 4.69) is 10.3 Å². The lowest BCUT2D eigenvalue weighted by atomic mass is 10.0. The van der Waals surface area contributed by atoms with E-state index in [1.54, 1.807) is 29.1 Å². The first-order chi connectivity index (χ1) is 12.5. The number of aromatic nitrogens is 3. The standard InChI is InChI=1S/C19H21N3O4/c1-12-17(13(2)26-21-12)11-22-10-15(9-20-22)7-16(23)6-14-4-5-19(25-3)18(24)8-14/h4-5,8-10,24H,6-7,11H2,1-3H3. The van der Waals surface area contributed by atoms with Gasteiger partial charge in [-0.1, -0.05) is 11.2 Å². The van der Waals surface area contributed by atoms with Crippen LogP contribution in [0.4, 0.5) is 0 Å². The SMILES string of the molecule is COc1ccc(CC(=O)Cc2cnn(Cc3c(C)noc3C)c2)cc1O. The molecule has 3 rings (SSSR count). The van der Waals surface area contributed by atoms with Crippen molar-refractivity contribution in [3.8, 4) is 11.5 Å². The Morgan fingerprint density at radius 1 is 1.27 bits per heavy atom. The molecule has 3 aromatic rings. The number of aromatic hydroxyl groups is 1. The molecule has 0 saturated heterocycles. The van der Waals surface area contributed by atoms with Gasteiger partial charge in [0.1, 0.15) is 11.5 Å². The largest absolute Gasteiger partial charge is 0.504 e. The minimum Gasteiger partial charge on any atom is -0.504 e. The van der Waals surface area contributed by atoms with Crippen LogP contribution >= 0.6 is 0 Å². The smallest absolute Gasteiger partial charge is 0.160 e. The number of benzene rings is 1. The van der Waals surface area contributed by atoms with Crippen LogP contribution in [0.25, 0.3) is 0 Å². The van der Waals surface area contributed by atoms with Crippen molar-refractivity contribution in [3.63, 3.8) is 0 Å². The highest BCUT2D eigenvalue weighted by Crippen LogP contribution is 2.26. The van der Waals surface area contributed by atoms with Crippen LogP contribution < -0.4 is 4.74 Å². The minimum atomic E-state index is 0.0325. The van der Waals surface area contributed by atoms with Crippen LogP contribution in [0.2, 0.25) is 0 Å². The topological polar surface area (TPSA) is 90.4 Å². The Morgan fingerprint density at radius 2 is 2.04 bits per heavy atom. The molecule has 0 atom stereocenters. The predicted molar refractivity (Wildman–Crippen MR) is 94.4 cm³/mol. The number of aryl methyl sites for hydroxylation is 2. The van der Waals surface area contributed by atoms with Crippen molar-refractivity contribution in [2.45, 2.75) is 33.2 Å². The highest BCUT2D eigenvalue weighted by molar-refractivity contribution is 5.83. The maximum Gasteiger partial charge on any atom is 0.160 e. The maximum absolute atomic E-state index is 12.3. The van der Waals surface area contributed by atoms with Crippen LogP contribution in [0.5, 0.6) is 11.5 Å². The quantitative estimate of drug-likeness (QED) is 0.701. The van der Waals surface area contributed by atoms with E-state index in [0.29, 0.717) is 12.3 Å². The molecule has 0 amide bonds. The number of phenols is 1. The molecule has 7 heteroatoms. The minimum absolute atomic E-state index is 0.0325. The molecule has 7 nitrogen and oxygen atoms in total. The molecule has 26 heavy (non-hydrogen) atoms. The summed E-state index contributed by atoms with van der Waals surface area (Å²) in [6, 6.07) is 4.98. The summed E-state index contributed by atoms with van der Waals surface area (Å²) in [5.41, 5.74) is 3.44. The summed E-state index contributed by atoms with van der Waals surface area (Å²) in [6.07, 6.45) is 4.08. The second-order valence-electron chi connectivity index (χ2n) is 6.25. The molecule has 0 aliphatic heterocycles. The number of methoxy groups -OCH3 is 1. The number of hydrogen-bond donors (Lipinski definition) is 1. The maximum atomic E-state index is 12.3. The Labute approximate surface area is 151 Å². The molecule has 0 saturated carbocycles. The Hall–Kier alpha value is -3.09. The van der Waals surface area contributed by atoms with Crippen molar-refractivity contribution in [1.82, 2.24) is 14.9 Å². The number of carbonyl (C=O) groups excluding carboxylic acids is 1. The molecule has 136 valence electrons. The fourth-order valence-electron chi connectivity index (χ4n) is 2.84. The Bertz CT molecular complexity index is 907. The van der Waals surface area contributed by atoms with Crippen LogP contribution in [-0.4, -0.2) is 32.9 Å². The number of ether oxygens (including phenoxy) is 1. The van der Waals surface area contributed by atoms with Gasteiger partial charge >= 0.3 is 0 Å². The van der Waals surface area contributed by atoms with E-state index in [9.17, 15) is 9.90 Å². The monoisotopic (exact) mass is 355 g/mol. The summed E-state index contributed by atoms with van der Waals surface area (Å²) in [5, 5.41) is 18.0. The van der Waals surface area contributed by atoms with E-state index < -0.39 is 0 Å². The fourth-order valence-corrected chi connectivity index (χ4v) is 2.84. The molecule has 0 spiro atoms. The number of phenolic OH excluding ortho intramolecular Hbond substituents is 1. The average molecular weight is 355 g/mol. The first-order valence-electron chi connectivity index (χ1n) is 8.27. The van der Waals surface area contributed by atoms with Gasteiger partial charge in [0.2, 0.25) is 0 Å². The van der Waals surface area contributed by atoms with E-state index in [1.165, 1.54) is 7.11 Å².